The van der Waals surface area contributed by atoms with E-state index in [1.54, 1.807) is 22.8 Å². The minimum Gasteiger partial charge on any atom is -0.463 e. The Morgan fingerprint density at radius 1 is 1.17 bits per heavy atom. The number of hydrogen-bond acceptors (Lipinski definition) is 6. The highest BCUT2D eigenvalue weighted by atomic mass is 16.5. The minimum atomic E-state index is -0.620. The van der Waals surface area contributed by atoms with Gasteiger partial charge in [-0.15, -0.1) is 6.58 Å². The van der Waals surface area contributed by atoms with Gasteiger partial charge in [-0.05, 0) is 25.8 Å². The normalized spacial score (nSPS) is 19.3. The average molecular weight is 485 g/mol. The van der Waals surface area contributed by atoms with E-state index in [-0.39, 0.29) is 31.7 Å². The van der Waals surface area contributed by atoms with Gasteiger partial charge in [-0.1, -0.05) is 35.9 Å². The van der Waals surface area contributed by atoms with Crippen LogP contribution in [-0.4, -0.2) is 92.2 Å². The highest BCUT2D eigenvalue weighted by Gasteiger charge is 2.38. The molecule has 1 saturated heterocycles. The van der Waals surface area contributed by atoms with Crippen LogP contribution in [0.2, 0.25) is 0 Å². The van der Waals surface area contributed by atoms with Gasteiger partial charge in [0.05, 0.1) is 18.2 Å². The summed E-state index contributed by atoms with van der Waals surface area (Å²) in [6.07, 6.45) is 2.43. The predicted molar refractivity (Wildman–Crippen MR) is 133 cm³/mol. The second-order valence-corrected chi connectivity index (χ2v) is 8.72. The fourth-order valence-corrected chi connectivity index (χ4v) is 4.46. The lowest BCUT2D eigenvalue weighted by atomic mass is 9.93. The Hall–Kier alpha value is -3.17. The van der Waals surface area contributed by atoms with Crippen molar-refractivity contribution in [2.24, 2.45) is 0 Å². The number of urea groups is 1. The second kappa shape index (κ2) is 12.5. The molecule has 1 atom stereocenters. The van der Waals surface area contributed by atoms with Crippen molar-refractivity contribution in [3.05, 3.63) is 59.3 Å². The molecule has 0 spiro atoms. The van der Waals surface area contributed by atoms with Crippen molar-refractivity contribution in [3.63, 3.8) is 0 Å². The number of rotatable bonds is 9. The van der Waals surface area contributed by atoms with Gasteiger partial charge in [-0.3, -0.25) is 14.6 Å². The number of amides is 3. The van der Waals surface area contributed by atoms with Crippen LogP contribution in [0.15, 0.2) is 48.2 Å². The van der Waals surface area contributed by atoms with Gasteiger partial charge >= 0.3 is 12.0 Å². The first-order valence-corrected chi connectivity index (χ1v) is 12.0. The lowest BCUT2D eigenvalue weighted by molar-refractivity contribution is -0.139. The van der Waals surface area contributed by atoms with Gasteiger partial charge in [0.15, 0.2) is 0 Å². The molecule has 190 valence electrons. The Bertz CT molecular complexity index is 959. The van der Waals surface area contributed by atoms with Crippen molar-refractivity contribution in [2.75, 3.05) is 59.6 Å². The van der Waals surface area contributed by atoms with Crippen molar-refractivity contribution < 1.29 is 23.9 Å². The molecule has 0 aromatic heterocycles. The van der Waals surface area contributed by atoms with Gasteiger partial charge in [0.1, 0.15) is 6.61 Å². The summed E-state index contributed by atoms with van der Waals surface area (Å²) in [5.74, 6) is -0.487. The average Bonchev–Trinajstić information content (AvgIpc) is 3.07. The van der Waals surface area contributed by atoms with Gasteiger partial charge in [0.2, 0.25) is 5.91 Å². The minimum absolute atomic E-state index is 0.0365. The third-order valence-corrected chi connectivity index (χ3v) is 6.24. The zero-order chi connectivity index (χ0) is 25.4. The topological polar surface area (TPSA) is 91.4 Å². The standard InChI is InChI=1S/C26H36N4O5/c1-5-12-30-21(17-28-13-7-14-29(16-15-28)22(31)18-34-4)23(25(32)35-6-2)24(27-26(30)33)20-10-8-19(3)9-11-20/h5,8-11,24H,1,6-7,12-18H2,2-4H3,(H,27,33). The Labute approximate surface area is 207 Å². The second-order valence-electron chi connectivity index (χ2n) is 8.72. The SMILES string of the molecule is C=CCN1C(=O)NC(c2ccc(C)cc2)C(C(=O)OCC)=C1CN1CCCN(C(=O)COC)CC1. The molecule has 2 aliphatic heterocycles. The molecule has 35 heavy (non-hydrogen) atoms. The quantitative estimate of drug-likeness (QED) is 0.427. The first kappa shape index (κ1) is 26.4. The fraction of sp³-hybridized carbons (Fsp3) is 0.500. The zero-order valence-electron chi connectivity index (χ0n) is 20.9. The molecule has 3 amide bonds. The van der Waals surface area contributed by atoms with Gasteiger partial charge in [0, 0.05) is 52.1 Å². The Kier molecular flexibility index (Phi) is 9.45. The lowest BCUT2D eigenvalue weighted by Crippen LogP contribution is -2.51. The summed E-state index contributed by atoms with van der Waals surface area (Å²) >= 11 is 0. The van der Waals surface area contributed by atoms with E-state index >= 15 is 0 Å². The number of methoxy groups -OCH3 is 1. The van der Waals surface area contributed by atoms with Crippen LogP contribution >= 0.6 is 0 Å². The first-order valence-electron chi connectivity index (χ1n) is 12.0. The third-order valence-electron chi connectivity index (χ3n) is 6.24. The van der Waals surface area contributed by atoms with Crippen LogP contribution in [0, 0.1) is 6.92 Å². The maximum absolute atomic E-state index is 13.3. The molecule has 1 aromatic rings. The van der Waals surface area contributed by atoms with Crippen LogP contribution in [0.3, 0.4) is 0 Å². The van der Waals surface area contributed by atoms with E-state index in [4.69, 9.17) is 9.47 Å². The first-order chi connectivity index (χ1) is 16.9. The maximum atomic E-state index is 13.3. The van der Waals surface area contributed by atoms with Crippen LogP contribution in [0.1, 0.15) is 30.5 Å². The summed E-state index contributed by atoms with van der Waals surface area (Å²) in [4.78, 5) is 44.3. The van der Waals surface area contributed by atoms with E-state index in [1.165, 1.54) is 7.11 Å². The van der Waals surface area contributed by atoms with Crippen molar-refractivity contribution >= 4 is 17.9 Å². The number of carbonyl (C=O) groups is 3. The van der Waals surface area contributed by atoms with E-state index in [9.17, 15) is 14.4 Å². The molecule has 1 N–H and O–H groups in total. The van der Waals surface area contributed by atoms with Crippen LogP contribution in [0.5, 0.6) is 0 Å². The number of esters is 1. The molecule has 9 nitrogen and oxygen atoms in total. The molecule has 1 aromatic carbocycles. The monoisotopic (exact) mass is 484 g/mol. The van der Waals surface area contributed by atoms with Gasteiger partial charge in [-0.2, -0.15) is 0 Å². The maximum Gasteiger partial charge on any atom is 0.338 e. The molecule has 1 unspecified atom stereocenters. The molecule has 2 heterocycles. The van der Waals surface area contributed by atoms with Crippen molar-refractivity contribution in [1.82, 2.24) is 20.0 Å². The van der Waals surface area contributed by atoms with E-state index in [1.807, 2.05) is 31.2 Å². The van der Waals surface area contributed by atoms with Crippen LogP contribution in [0.25, 0.3) is 0 Å². The Balaban J connectivity index is 1.98. The molecule has 9 heteroatoms. The number of ether oxygens (including phenoxy) is 2. The summed E-state index contributed by atoms with van der Waals surface area (Å²) in [5, 5.41) is 2.99. The summed E-state index contributed by atoms with van der Waals surface area (Å²) in [5.41, 5.74) is 2.93. The van der Waals surface area contributed by atoms with Crippen molar-refractivity contribution in [3.8, 4) is 0 Å². The summed E-state index contributed by atoms with van der Waals surface area (Å²) < 4.78 is 10.5. The third kappa shape index (κ3) is 6.49. The van der Waals surface area contributed by atoms with E-state index in [2.05, 4.69) is 16.8 Å². The number of carbonyl (C=O) groups excluding carboxylic acids is 3. The molecule has 0 radical (unpaired) electrons. The Morgan fingerprint density at radius 3 is 2.57 bits per heavy atom. The van der Waals surface area contributed by atoms with Gasteiger partial charge in [-0.25, -0.2) is 9.59 Å². The van der Waals surface area contributed by atoms with Gasteiger partial charge in [0.25, 0.3) is 0 Å². The van der Waals surface area contributed by atoms with Gasteiger partial charge < -0.3 is 19.7 Å². The lowest BCUT2D eigenvalue weighted by Gasteiger charge is -2.38. The molecule has 0 aliphatic carbocycles. The van der Waals surface area contributed by atoms with Crippen molar-refractivity contribution in [2.45, 2.75) is 26.3 Å². The van der Waals surface area contributed by atoms with E-state index < -0.39 is 12.0 Å². The number of aryl methyl sites for hydroxylation is 1. The summed E-state index contributed by atoms with van der Waals surface area (Å²) in [7, 11) is 1.51. The Morgan fingerprint density at radius 2 is 1.91 bits per heavy atom. The van der Waals surface area contributed by atoms with Crippen LogP contribution in [-0.2, 0) is 19.1 Å². The highest BCUT2D eigenvalue weighted by molar-refractivity contribution is 5.95. The number of nitrogens with one attached hydrogen (secondary N) is 1. The molecule has 0 saturated carbocycles. The fourth-order valence-electron chi connectivity index (χ4n) is 4.46. The van der Waals surface area contributed by atoms with E-state index in [0.29, 0.717) is 37.4 Å². The van der Waals surface area contributed by atoms with E-state index in [0.717, 1.165) is 24.1 Å². The number of nitrogens with zero attached hydrogens (tertiary/aromatic N) is 3. The smallest absolute Gasteiger partial charge is 0.338 e. The molecule has 2 aliphatic rings. The summed E-state index contributed by atoms with van der Waals surface area (Å²) in [6, 6.07) is 6.85. The highest BCUT2D eigenvalue weighted by Crippen LogP contribution is 2.32. The number of hydrogen-bond donors (Lipinski definition) is 1. The largest absolute Gasteiger partial charge is 0.463 e. The molecule has 1 fully saturated rings. The molecule has 0 bridgehead atoms. The molecule has 3 rings (SSSR count). The van der Waals surface area contributed by atoms with Crippen molar-refractivity contribution in [1.29, 1.82) is 0 Å². The zero-order valence-corrected chi connectivity index (χ0v) is 20.9. The molecular formula is C26H36N4O5. The molecular weight excluding hydrogens is 448 g/mol. The number of benzene rings is 1. The van der Waals surface area contributed by atoms with Crippen LogP contribution < -0.4 is 5.32 Å². The predicted octanol–water partition coefficient (Wildman–Crippen LogP) is 2.25. The summed E-state index contributed by atoms with van der Waals surface area (Å²) in [6.45, 7) is 11.0. The van der Waals surface area contributed by atoms with Crippen LogP contribution in [0.4, 0.5) is 4.79 Å².